The third kappa shape index (κ3) is 5.33. The van der Waals surface area contributed by atoms with Crippen molar-refractivity contribution in [2.45, 2.75) is 31.7 Å². The molecule has 2 N–H and O–H groups in total. The Balaban J connectivity index is 2.69. The van der Waals surface area contributed by atoms with E-state index in [0.29, 0.717) is 6.42 Å². The molecular formula is C9H19NO5S2. The summed E-state index contributed by atoms with van der Waals surface area (Å²) in [7, 11) is -7.40. The van der Waals surface area contributed by atoms with Crippen LogP contribution in [0.25, 0.3) is 0 Å². The molecule has 0 aromatic heterocycles. The molecule has 8 heteroatoms. The Morgan fingerprint density at radius 3 is 2.29 bits per heavy atom. The maximum absolute atomic E-state index is 11.6. The number of rotatable bonds is 5. The SMILES string of the molecule is CS(=O)(=O)CS(=O)(=O)NC1CCCCC1CO. The number of aliphatic hydroxyl groups excluding tert-OH is 1. The Bertz CT molecular complexity index is 442. The molecule has 2 atom stereocenters. The van der Waals surface area contributed by atoms with E-state index < -0.39 is 24.9 Å². The Kier molecular flexibility index (Phi) is 4.94. The second kappa shape index (κ2) is 5.64. The minimum Gasteiger partial charge on any atom is -0.396 e. The van der Waals surface area contributed by atoms with E-state index in [4.69, 9.17) is 5.11 Å². The molecule has 1 rings (SSSR count). The summed E-state index contributed by atoms with van der Waals surface area (Å²) in [5, 5.41) is 8.24. The van der Waals surface area contributed by atoms with Gasteiger partial charge < -0.3 is 5.11 Å². The van der Waals surface area contributed by atoms with Crippen LogP contribution in [-0.2, 0) is 19.9 Å². The predicted octanol–water partition coefficient (Wildman–Crippen LogP) is -0.541. The zero-order valence-corrected chi connectivity index (χ0v) is 11.4. The van der Waals surface area contributed by atoms with Crippen LogP contribution >= 0.6 is 0 Å². The highest BCUT2D eigenvalue weighted by atomic mass is 32.3. The molecule has 17 heavy (non-hydrogen) atoms. The smallest absolute Gasteiger partial charge is 0.226 e. The van der Waals surface area contributed by atoms with E-state index in [-0.39, 0.29) is 18.6 Å². The Morgan fingerprint density at radius 2 is 1.76 bits per heavy atom. The predicted molar refractivity (Wildman–Crippen MR) is 64.6 cm³/mol. The van der Waals surface area contributed by atoms with Gasteiger partial charge in [0, 0.05) is 18.9 Å². The first kappa shape index (κ1) is 14.9. The van der Waals surface area contributed by atoms with Crippen LogP contribution in [0.15, 0.2) is 0 Å². The van der Waals surface area contributed by atoms with Gasteiger partial charge in [-0.3, -0.25) is 0 Å². The van der Waals surface area contributed by atoms with Crippen LogP contribution in [0.2, 0.25) is 0 Å². The molecule has 0 aliphatic heterocycles. The zero-order valence-electron chi connectivity index (χ0n) is 9.79. The lowest BCUT2D eigenvalue weighted by molar-refractivity contribution is 0.164. The van der Waals surface area contributed by atoms with Crippen molar-refractivity contribution in [1.82, 2.24) is 4.72 Å². The normalized spacial score (nSPS) is 26.9. The highest BCUT2D eigenvalue weighted by Crippen LogP contribution is 2.24. The van der Waals surface area contributed by atoms with Crippen molar-refractivity contribution in [2.24, 2.45) is 5.92 Å². The molecule has 0 amide bonds. The first-order valence-corrected chi connectivity index (χ1v) is 9.23. The number of nitrogens with one attached hydrogen (secondary N) is 1. The summed E-state index contributed by atoms with van der Waals surface area (Å²) < 4.78 is 47.5. The molecule has 1 aliphatic carbocycles. The lowest BCUT2D eigenvalue weighted by Crippen LogP contribution is -2.45. The lowest BCUT2D eigenvalue weighted by Gasteiger charge is -2.30. The van der Waals surface area contributed by atoms with Crippen molar-refractivity contribution in [2.75, 3.05) is 17.9 Å². The van der Waals surface area contributed by atoms with E-state index in [9.17, 15) is 16.8 Å². The van der Waals surface area contributed by atoms with Crippen LogP contribution in [0.3, 0.4) is 0 Å². The molecule has 0 aromatic carbocycles. The Labute approximate surface area is 102 Å². The Morgan fingerprint density at radius 1 is 1.18 bits per heavy atom. The van der Waals surface area contributed by atoms with Crippen LogP contribution in [0.4, 0.5) is 0 Å². The van der Waals surface area contributed by atoms with Crippen LogP contribution < -0.4 is 4.72 Å². The molecule has 0 radical (unpaired) electrons. The van der Waals surface area contributed by atoms with E-state index in [2.05, 4.69) is 4.72 Å². The van der Waals surface area contributed by atoms with Gasteiger partial charge in [0.25, 0.3) is 0 Å². The summed E-state index contributed by atoms with van der Waals surface area (Å²) in [4.78, 5) is 0. The van der Waals surface area contributed by atoms with Crippen molar-refractivity contribution < 1.29 is 21.9 Å². The minimum absolute atomic E-state index is 0.0773. The highest BCUT2D eigenvalue weighted by molar-refractivity contribution is 8.06. The van der Waals surface area contributed by atoms with Crippen LogP contribution in [0.1, 0.15) is 25.7 Å². The largest absolute Gasteiger partial charge is 0.396 e. The Hall–Kier alpha value is -0.180. The minimum atomic E-state index is -3.83. The summed E-state index contributed by atoms with van der Waals surface area (Å²) in [6.07, 6.45) is 4.16. The molecule has 2 unspecified atom stereocenters. The monoisotopic (exact) mass is 285 g/mol. The lowest BCUT2D eigenvalue weighted by atomic mass is 9.86. The van der Waals surface area contributed by atoms with Crippen molar-refractivity contribution in [1.29, 1.82) is 0 Å². The van der Waals surface area contributed by atoms with Gasteiger partial charge in [-0.15, -0.1) is 0 Å². The maximum atomic E-state index is 11.6. The summed E-state index contributed by atoms with van der Waals surface area (Å²) in [5.74, 6) is -0.113. The summed E-state index contributed by atoms with van der Waals surface area (Å²) in [6, 6.07) is -0.347. The van der Waals surface area contributed by atoms with E-state index in [1.807, 2.05) is 0 Å². The summed E-state index contributed by atoms with van der Waals surface area (Å²) >= 11 is 0. The molecule has 6 nitrogen and oxygen atoms in total. The van der Waals surface area contributed by atoms with E-state index in [1.165, 1.54) is 0 Å². The standard InChI is InChI=1S/C9H19NO5S2/c1-16(12,13)7-17(14,15)10-9-5-3-2-4-8(9)6-11/h8-11H,2-7H2,1H3. The molecule has 0 bridgehead atoms. The molecule has 102 valence electrons. The van der Waals surface area contributed by atoms with E-state index in [1.54, 1.807) is 0 Å². The van der Waals surface area contributed by atoms with Crippen molar-refractivity contribution in [3.8, 4) is 0 Å². The molecule has 0 heterocycles. The van der Waals surface area contributed by atoms with Gasteiger partial charge in [-0.25, -0.2) is 21.6 Å². The van der Waals surface area contributed by atoms with E-state index >= 15 is 0 Å². The second-order valence-corrected chi connectivity index (χ2v) is 8.87. The van der Waals surface area contributed by atoms with Gasteiger partial charge in [0.2, 0.25) is 10.0 Å². The number of sulfonamides is 1. The number of hydrogen-bond donors (Lipinski definition) is 2. The molecule has 1 aliphatic rings. The first-order valence-electron chi connectivity index (χ1n) is 5.52. The van der Waals surface area contributed by atoms with Crippen LogP contribution in [0, 0.1) is 5.92 Å². The van der Waals surface area contributed by atoms with Gasteiger partial charge in [-0.05, 0) is 18.8 Å². The van der Waals surface area contributed by atoms with Gasteiger partial charge in [-0.1, -0.05) is 12.8 Å². The summed E-state index contributed by atoms with van der Waals surface area (Å²) in [5.41, 5.74) is 0. The zero-order chi connectivity index (χ0) is 13.1. The number of hydrogen-bond acceptors (Lipinski definition) is 5. The van der Waals surface area contributed by atoms with Gasteiger partial charge in [-0.2, -0.15) is 0 Å². The van der Waals surface area contributed by atoms with Gasteiger partial charge >= 0.3 is 0 Å². The molecular weight excluding hydrogens is 266 g/mol. The topological polar surface area (TPSA) is 101 Å². The van der Waals surface area contributed by atoms with Gasteiger partial charge in [0.05, 0.1) is 0 Å². The third-order valence-electron chi connectivity index (χ3n) is 2.84. The van der Waals surface area contributed by atoms with Crippen LogP contribution in [0.5, 0.6) is 0 Å². The van der Waals surface area contributed by atoms with Crippen LogP contribution in [-0.4, -0.2) is 45.9 Å². The summed E-state index contributed by atoms with van der Waals surface area (Å²) in [6.45, 7) is -0.0773. The fraction of sp³-hybridized carbons (Fsp3) is 1.00. The van der Waals surface area contributed by atoms with E-state index in [0.717, 1.165) is 25.5 Å². The second-order valence-electron chi connectivity index (χ2n) is 4.61. The van der Waals surface area contributed by atoms with Crippen molar-refractivity contribution in [3.05, 3.63) is 0 Å². The first-order chi connectivity index (χ1) is 7.73. The molecule has 0 spiro atoms. The highest BCUT2D eigenvalue weighted by Gasteiger charge is 2.29. The number of aliphatic hydroxyl groups is 1. The van der Waals surface area contributed by atoms with Crippen molar-refractivity contribution >= 4 is 19.9 Å². The maximum Gasteiger partial charge on any atom is 0.226 e. The van der Waals surface area contributed by atoms with Gasteiger partial charge in [0.15, 0.2) is 14.9 Å². The average molecular weight is 285 g/mol. The number of sulfone groups is 1. The quantitative estimate of drug-likeness (QED) is 0.706. The third-order valence-corrected chi connectivity index (χ3v) is 6.46. The fourth-order valence-electron chi connectivity index (χ4n) is 2.13. The molecule has 1 fully saturated rings. The van der Waals surface area contributed by atoms with Crippen molar-refractivity contribution in [3.63, 3.8) is 0 Å². The van der Waals surface area contributed by atoms with Gasteiger partial charge in [0.1, 0.15) is 0 Å². The molecule has 1 saturated carbocycles. The molecule has 0 saturated heterocycles. The fourth-order valence-corrected chi connectivity index (χ4v) is 5.43. The molecule has 0 aromatic rings. The average Bonchev–Trinajstić information content (AvgIpc) is 2.14.